The highest BCUT2D eigenvalue weighted by molar-refractivity contribution is 5.99. The minimum atomic E-state index is -0.372. The average molecular weight is 368 g/mol. The lowest BCUT2D eigenvalue weighted by molar-refractivity contribution is 0.0846. The van der Waals surface area contributed by atoms with Crippen LogP contribution in [0.2, 0.25) is 0 Å². The number of hydrogen-bond acceptors (Lipinski definition) is 3. The molecule has 0 saturated heterocycles. The van der Waals surface area contributed by atoms with Crippen LogP contribution in [0.1, 0.15) is 65.8 Å². The number of hydrogen-bond donors (Lipinski definition) is 2. The van der Waals surface area contributed by atoms with Gasteiger partial charge in [0.15, 0.2) is 0 Å². The smallest absolute Gasteiger partial charge is 0.269 e. The summed E-state index contributed by atoms with van der Waals surface area (Å²) in [4.78, 5) is 24.3. The van der Waals surface area contributed by atoms with E-state index in [9.17, 15) is 9.59 Å². The highest BCUT2D eigenvalue weighted by atomic mass is 16.5. The fraction of sp³-hybridized carbons (Fsp3) is 0.364. The van der Waals surface area contributed by atoms with E-state index in [0.29, 0.717) is 17.7 Å². The molecule has 2 aromatic carbocycles. The van der Waals surface area contributed by atoms with Gasteiger partial charge in [-0.3, -0.25) is 20.4 Å². The van der Waals surface area contributed by atoms with Gasteiger partial charge in [0.2, 0.25) is 0 Å². The number of benzene rings is 2. The summed E-state index contributed by atoms with van der Waals surface area (Å²) in [6, 6.07) is 14.3. The maximum atomic E-state index is 12.2. The van der Waals surface area contributed by atoms with Crippen molar-refractivity contribution in [2.75, 3.05) is 6.61 Å². The van der Waals surface area contributed by atoms with Gasteiger partial charge in [-0.1, -0.05) is 38.8 Å². The molecule has 0 aliphatic rings. The Morgan fingerprint density at radius 1 is 0.778 bits per heavy atom. The van der Waals surface area contributed by atoms with Crippen molar-refractivity contribution in [1.82, 2.24) is 10.9 Å². The number of unbranched alkanes of at least 4 members (excludes halogenated alkanes) is 2. The molecule has 0 saturated carbocycles. The SMILES string of the molecule is CCCCOc1ccc(C(=O)NNC(=O)c2ccc(CCCC)cc2)cc1. The van der Waals surface area contributed by atoms with E-state index in [2.05, 4.69) is 24.7 Å². The molecule has 0 bridgehead atoms. The Hall–Kier alpha value is -2.82. The van der Waals surface area contributed by atoms with Crippen molar-refractivity contribution in [2.45, 2.75) is 46.0 Å². The van der Waals surface area contributed by atoms with E-state index in [0.717, 1.165) is 37.9 Å². The fourth-order valence-electron chi connectivity index (χ4n) is 2.50. The van der Waals surface area contributed by atoms with Gasteiger partial charge in [0, 0.05) is 11.1 Å². The van der Waals surface area contributed by atoms with Crippen LogP contribution in [0.3, 0.4) is 0 Å². The Bertz CT molecular complexity index is 724. The Kier molecular flexibility index (Phi) is 8.36. The Morgan fingerprint density at radius 3 is 1.81 bits per heavy atom. The molecule has 5 heteroatoms. The molecule has 0 atom stereocenters. The first-order valence-corrected chi connectivity index (χ1v) is 9.56. The number of carbonyl (C=O) groups excluding carboxylic acids is 2. The van der Waals surface area contributed by atoms with E-state index >= 15 is 0 Å². The molecule has 0 aliphatic carbocycles. The summed E-state index contributed by atoms with van der Waals surface area (Å²) >= 11 is 0. The van der Waals surface area contributed by atoms with Crippen LogP contribution in [0.4, 0.5) is 0 Å². The third-order valence-corrected chi connectivity index (χ3v) is 4.21. The lowest BCUT2D eigenvalue weighted by Gasteiger charge is -2.09. The molecule has 2 N–H and O–H groups in total. The Morgan fingerprint density at radius 2 is 1.30 bits per heavy atom. The largest absolute Gasteiger partial charge is 0.494 e. The van der Waals surface area contributed by atoms with Crippen LogP contribution in [-0.4, -0.2) is 18.4 Å². The second-order valence-corrected chi connectivity index (χ2v) is 6.44. The summed E-state index contributed by atoms with van der Waals surface area (Å²) in [5.41, 5.74) is 7.05. The van der Waals surface area contributed by atoms with E-state index in [-0.39, 0.29) is 11.8 Å². The molecule has 5 nitrogen and oxygen atoms in total. The maximum absolute atomic E-state index is 12.2. The predicted octanol–water partition coefficient (Wildman–Crippen LogP) is 4.28. The standard InChI is InChI=1S/C22H28N2O3/c1-3-5-7-17-8-10-18(11-9-17)21(25)23-24-22(26)19-12-14-20(15-13-19)27-16-6-4-2/h8-15H,3-7,16H2,1-2H3,(H,23,25)(H,24,26). The topological polar surface area (TPSA) is 67.4 Å². The molecule has 2 aromatic rings. The highest BCUT2D eigenvalue weighted by Gasteiger charge is 2.09. The first-order valence-electron chi connectivity index (χ1n) is 9.56. The van der Waals surface area contributed by atoms with Crippen LogP contribution in [0.5, 0.6) is 5.75 Å². The van der Waals surface area contributed by atoms with Gasteiger partial charge in [-0.25, -0.2) is 0 Å². The number of amides is 2. The van der Waals surface area contributed by atoms with Crippen LogP contribution < -0.4 is 15.6 Å². The van der Waals surface area contributed by atoms with Crippen molar-refractivity contribution in [2.24, 2.45) is 0 Å². The molecular formula is C22H28N2O3. The second-order valence-electron chi connectivity index (χ2n) is 6.44. The van der Waals surface area contributed by atoms with E-state index in [1.54, 1.807) is 36.4 Å². The summed E-state index contributed by atoms with van der Waals surface area (Å²) in [5, 5.41) is 0. The van der Waals surface area contributed by atoms with Gasteiger partial charge in [0.05, 0.1) is 6.61 Å². The van der Waals surface area contributed by atoms with Crippen LogP contribution in [0, 0.1) is 0 Å². The normalized spacial score (nSPS) is 10.3. The average Bonchev–Trinajstić information content (AvgIpc) is 2.71. The van der Waals surface area contributed by atoms with Gasteiger partial charge in [-0.05, 0) is 61.2 Å². The first kappa shape index (κ1) is 20.5. The van der Waals surface area contributed by atoms with E-state index in [1.165, 1.54) is 5.56 Å². The lowest BCUT2D eigenvalue weighted by Crippen LogP contribution is -2.41. The molecule has 0 aliphatic heterocycles. The molecule has 0 aromatic heterocycles. The summed E-state index contributed by atoms with van der Waals surface area (Å²) in [5.74, 6) is 0.0140. The van der Waals surface area contributed by atoms with Crippen molar-refractivity contribution >= 4 is 11.8 Å². The number of nitrogens with one attached hydrogen (secondary N) is 2. The molecule has 144 valence electrons. The Labute approximate surface area is 161 Å². The zero-order chi connectivity index (χ0) is 19.5. The zero-order valence-corrected chi connectivity index (χ0v) is 16.1. The molecule has 0 heterocycles. The number of rotatable bonds is 9. The molecule has 0 radical (unpaired) electrons. The van der Waals surface area contributed by atoms with E-state index < -0.39 is 0 Å². The van der Waals surface area contributed by atoms with Crippen LogP contribution >= 0.6 is 0 Å². The van der Waals surface area contributed by atoms with Crippen molar-refractivity contribution in [1.29, 1.82) is 0 Å². The summed E-state index contributed by atoms with van der Waals surface area (Å²) in [6.07, 6.45) is 5.34. The van der Waals surface area contributed by atoms with Gasteiger partial charge in [0.1, 0.15) is 5.75 Å². The Balaban J connectivity index is 1.82. The van der Waals surface area contributed by atoms with Gasteiger partial charge in [-0.15, -0.1) is 0 Å². The first-order chi connectivity index (χ1) is 13.1. The van der Waals surface area contributed by atoms with Gasteiger partial charge >= 0.3 is 0 Å². The highest BCUT2D eigenvalue weighted by Crippen LogP contribution is 2.13. The van der Waals surface area contributed by atoms with Crippen LogP contribution in [0.25, 0.3) is 0 Å². The summed E-state index contributed by atoms with van der Waals surface area (Å²) in [6.45, 7) is 4.92. The van der Waals surface area contributed by atoms with Gasteiger partial charge in [0.25, 0.3) is 11.8 Å². The quantitative estimate of drug-likeness (QED) is 0.513. The fourth-order valence-corrected chi connectivity index (χ4v) is 2.50. The molecule has 27 heavy (non-hydrogen) atoms. The summed E-state index contributed by atoms with van der Waals surface area (Å²) < 4.78 is 5.57. The van der Waals surface area contributed by atoms with Crippen molar-refractivity contribution in [3.05, 3.63) is 65.2 Å². The number of aryl methyl sites for hydroxylation is 1. The number of hydrazine groups is 1. The monoisotopic (exact) mass is 368 g/mol. The number of carbonyl (C=O) groups is 2. The molecule has 2 amide bonds. The van der Waals surface area contributed by atoms with Crippen molar-refractivity contribution < 1.29 is 14.3 Å². The van der Waals surface area contributed by atoms with Crippen LogP contribution in [0.15, 0.2) is 48.5 Å². The zero-order valence-electron chi connectivity index (χ0n) is 16.1. The third-order valence-electron chi connectivity index (χ3n) is 4.21. The molecule has 2 rings (SSSR count). The predicted molar refractivity (Wildman–Crippen MR) is 107 cm³/mol. The van der Waals surface area contributed by atoms with Gasteiger partial charge in [-0.2, -0.15) is 0 Å². The minimum Gasteiger partial charge on any atom is -0.494 e. The summed E-state index contributed by atoms with van der Waals surface area (Å²) in [7, 11) is 0. The maximum Gasteiger partial charge on any atom is 0.269 e. The molecule has 0 fully saturated rings. The minimum absolute atomic E-state index is 0.343. The second kappa shape index (κ2) is 11.0. The molecular weight excluding hydrogens is 340 g/mol. The molecule has 0 spiro atoms. The molecule has 0 unspecified atom stereocenters. The third kappa shape index (κ3) is 6.77. The van der Waals surface area contributed by atoms with E-state index in [1.807, 2.05) is 12.1 Å². The lowest BCUT2D eigenvalue weighted by atomic mass is 10.1. The van der Waals surface area contributed by atoms with Crippen molar-refractivity contribution in [3.8, 4) is 5.75 Å². The van der Waals surface area contributed by atoms with Gasteiger partial charge < -0.3 is 4.74 Å². The number of ether oxygens (including phenoxy) is 1. The van der Waals surface area contributed by atoms with Crippen molar-refractivity contribution in [3.63, 3.8) is 0 Å². The van der Waals surface area contributed by atoms with Crippen LogP contribution in [-0.2, 0) is 6.42 Å². The van der Waals surface area contributed by atoms with E-state index in [4.69, 9.17) is 4.74 Å².